The number of phenolic OH excluding ortho intramolecular Hbond substituents is 1. The molecule has 0 unspecified atom stereocenters. The van der Waals surface area contributed by atoms with Gasteiger partial charge in [-0.15, -0.1) is 0 Å². The van der Waals surface area contributed by atoms with Gasteiger partial charge in [0.15, 0.2) is 5.76 Å². The Bertz CT molecular complexity index is 952. The van der Waals surface area contributed by atoms with Crippen molar-refractivity contribution in [2.24, 2.45) is 0 Å². The maximum atomic E-state index is 13.1. The first-order valence-electron chi connectivity index (χ1n) is 8.59. The van der Waals surface area contributed by atoms with E-state index >= 15 is 0 Å². The SMILES string of the molecule is CN(C)CCc1cc(C(F)(F)F)ccc1Nc1ncc(-c2cccc(O)c2)o1. The number of hydrogen-bond donors (Lipinski definition) is 2. The van der Waals surface area contributed by atoms with E-state index in [1.165, 1.54) is 24.4 Å². The Morgan fingerprint density at radius 3 is 2.61 bits per heavy atom. The lowest BCUT2D eigenvalue weighted by Crippen LogP contribution is -2.16. The number of aromatic nitrogens is 1. The zero-order valence-corrected chi connectivity index (χ0v) is 15.4. The van der Waals surface area contributed by atoms with Gasteiger partial charge >= 0.3 is 6.18 Å². The first-order valence-corrected chi connectivity index (χ1v) is 8.59. The number of halogens is 3. The van der Waals surface area contributed by atoms with Gasteiger partial charge in [-0.2, -0.15) is 13.2 Å². The number of nitrogens with zero attached hydrogens (tertiary/aromatic N) is 2. The molecule has 1 aromatic heterocycles. The van der Waals surface area contributed by atoms with Crippen LogP contribution in [0.1, 0.15) is 11.1 Å². The molecule has 0 radical (unpaired) electrons. The third-order valence-electron chi connectivity index (χ3n) is 4.14. The van der Waals surface area contributed by atoms with Crippen LogP contribution in [0.5, 0.6) is 5.75 Å². The van der Waals surface area contributed by atoms with Crippen LogP contribution < -0.4 is 5.32 Å². The molecule has 0 atom stereocenters. The van der Waals surface area contributed by atoms with Crippen LogP contribution in [0, 0.1) is 0 Å². The van der Waals surface area contributed by atoms with Crippen molar-refractivity contribution < 1.29 is 22.7 Å². The van der Waals surface area contributed by atoms with Gasteiger partial charge in [-0.05, 0) is 56.4 Å². The smallest absolute Gasteiger partial charge is 0.416 e. The van der Waals surface area contributed by atoms with Crippen LogP contribution in [0.4, 0.5) is 24.9 Å². The first-order chi connectivity index (χ1) is 13.2. The second-order valence-electron chi connectivity index (χ2n) is 6.63. The summed E-state index contributed by atoms with van der Waals surface area (Å²) in [4.78, 5) is 6.03. The summed E-state index contributed by atoms with van der Waals surface area (Å²) < 4.78 is 44.8. The van der Waals surface area contributed by atoms with E-state index in [1.807, 2.05) is 19.0 Å². The number of likely N-dealkylation sites (N-methyl/N-ethyl adjacent to an activating group) is 1. The fraction of sp³-hybridized carbons (Fsp3) is 0.250. The third kappa shape index (κ3) is 4.83. The van der Waals surface area contributed by atoms with Crippen LogP contribution in [-0.2, 0) is 12.6 Å². The molecule has 0 aliphatic heterocycles. The van der Waals surface area contributed by atoms with E-state index in [0.29, 0.717) is 35.5 Å². The second-order valence-corrected chi connectivity index (χ2v) is 6.63. The molecule has 0 aliphatic rings. The van der Waals surface area contributed by atoms with Crippen LogP contribution in [0.2, 0.25) is 0 Å². The van der Waals surface area contributed by atoms with Crippen molar-refractivity contribution >= 4 is 11.7 Å². The molecular weight excluding hydrogens is 371 g/mol. The van der Waals surface area contributed by atoms with Gasteiger partial charge in [0.05, 0.1) is 11.8 Å². The van der Waals surface area contributed by atoms with Crippen molar-refractivity contribution in [2.75, 3.05) is 26.0 Å². The molecule has 5 nitrogen and oxygen atoms in total. The van der Waals surface area contributed by atoms with Crippen molar-refractivity contribution in [1.29, 1.82) is 0 Å². The lowest BCUT2D eigenvalue weighted by Gasteiger charge is -2.15. The zero-order valence-electron chi connectivity index (χ0n) is 15.4. The highest BCUT2D eigenvalue weighted by Gasteiger charge is 2.31. The van der Waals surface area contributed by atoms with Gasteiger partial charge < -0.3 is 19.7 Å². The molecule has 0 spiro atoms. The molecule has 8 heteroatoms. The monoisotopic (exact) mass is 391 g/mol. The van der Waals surface area contributed by atoms with Crippen LogP contribution in [-0.4, -0.2) is 35.6 Å². The van der Waals surface area contributed by atoms with Gasteiger partial charge in [0.1, 0.15) is 5.75 Å². The Labute approximate surface area is 160 Å². The van der Waals surface area contributed by atoms with E-state index in [2.05, 4.69) is 10.3 Å². The minimum atomic E-state index is -4.41. The molecule has 0 aliphatic carbocycles. The van der Waals surface area contributed by atoms with Gasteiger partial charge in [-0.1, -0.05) is 12.1 Å². The summed E-state index contributed by atoms with van der Waals surface area (Å²) in [6, 6.07) is 10.2. The standard InChI is InChI=1S/C20H20F3N3O2/c1-26(2)9-8-13-10-15(20(21,22)23)6-7-17(13)25-19-24-12-18(28-19)14-4-3-5-16(27)11-14/h3-7,10-12,27H,8-9H2,1-2H3,(H,24,25). The Kier molecular flexibility index (Phi) is 5.60. The maximum absolute atomic E-state index is 13.1. The summed E-state index contributed by atoms with van der Waals surface area (Å²) in [7, 11) is 3.71. The van der Waals surface area contributed by atoms with Gasteiger partial charge in [0, 0.05) is 17.8 Å². The van der Waals surface area contributed by atoms with Crippen molar-refractivity contribution in [2.45, 2.75) is 12.6 Å². The summed E-state index contributed by atoms with van der Waals surface area (Å²) in [5.74, 6) is 0.525. The lowest BCUT2D eigenvalue weighted by molar-refractivity contribution is -0.137. The number of aromatic hydroxyl groups is 1. The summed E-state index contributed by atoms with van der Waals surface area (Å²) in [5.41, 5.74) is 0.959. The quantitative estimate of drug-likeness (QED) is 0.625. The zero-order chi connectivity index (χ0) is 20.3. The molecule has 0 saturated carbocycles. The van der Waals surface area contributed by atoms with Crippen molar-refractivity contribution in [1.82, 2.24) is 9.88 Å². The molecular formula is C20H20F3N3O2. The summed E-state index contributed by atoms with van der Waals surface area (Å²) in [5, 5.41) is 12.5. The largest absolute Gasteiger partial charge is 0.508 e. The Balaban J connectivity index is 1.87. The minimum absolute atomic E-state index is 0.0946. The number of hydrogen-bond acceptors (Lipinski definition) is 5. The molecule has 0 amide bonds. The highest BCUT2D eigenvalue weighted by atomic mass is 19.4. The number of alkyl halides is 3. The highest BCUT2D eigenvalue weighted by Crippen LogP contribution is 2.33. The fourth-order valence-electron chi connectivity index (χ4n) is 2.68. The van der Waals surface area contributed by atoms with Gasteiger partial charge in [-0.25, -0.2) is 4.98 Å². The maximum Gasteiger partial charge on any atom is 0.416 e. The highest BCUT2D eigenvalue weighted by molar-refractivity contribution is 5.63. The molecule has 0 fully saturated rings. The van der Waals surface area contributed by atoms with Crippen LogP contribution in [0.15, 0.2) is 53.1 Å². The second kappa shape index (κ2) is 7.93. The molecule has 3 aromatic rings. The number of oxazole rings is 1. The molecule has 148 valence electrons. The normalized spacial score (nSPS) is 11.8. The van der Waals surface area contributed by atoms with Gasteiger partial charge in [-0.3, -0.25) is 0 Å². The molecule has 2 aromatic carbocycles. The van der Waals surface area contributed by atoms with Crippen molar-refractivity contribution in [3.63, 3.8) is 0 Å². The molecule has 3 rings (SSSR count). The van der Waals surface area contributed by atoms with Gasteiger partial charge in [0.2, 0.25) is 0 Å². The van der Waals surface area contributed by atoms with Gasteiger partial charge in [0.25, 0.3) is 6.01 Å². The molecule has 0 saturated heterocycles. The average Bonchev–Trinajstić information content (AvgIpc) is 3.08. The predicted octanol–water partition coefficient (Wildman–Crippen LogP) is 4.91. The topological polar surface area (TPSA) is 61.5 Å². The summed E-state index contributed by atoms with van der Waals surface area (Å²) in [6.45, 7) is 0.593. The van der Waals surface area contributed by atoms with E-state index in [4.69, 9.17) is 4.42 Å². The molecule has 0 bridgehead atoms. The number of nitrogens with one attached hydrogen (secondary N) is 1. The fourth-order valence-corrected chi connectivity index (χ4v) is 2.68. The average molecular weight is 391 g/mol. The number of benzene rings is 2. The number of phenols is 1. The molecule has 2 N–H and O–H groups in total. The predicted molar refractivity (Wildman–Crippen MR) is 101 cm³/mol. The number of anilines is 2. The van der Waals surface area contributed by atoms with E-state index in [0.717, 1.165) is 12.1 Å². The Morgan fingerprint density at radius 1 is 1.14 bits per heavy atom. The van der Waals surface area contributed by atoms with E-state index in [9.17, 15) is 18.3 Å². The minimum Gasteiger partial charge on any atom is -0.508 e. The van der Waals surface area contributed by atoms with Crippen LogP contribution >= 0.6 is 0 Å². The molecule has 1 heterocycles. The summed E-state index contributed by atoms with van der Waals surface area (Å²) in [6.07, 6.45) is -2.49. The van der Waals surface area contributed by atoms with E-state index in [-0.39, 0.29) is 11.8 Å². The van der Waals surface area contributed by atoms with Crippen molar-refractivity contribution in [3.05, 3.63) is 59.8 Å². The summed E-state index contributed by atoms with van der Waals surface area (Å²) >= 11 is 0. The first kappa shape index (κ1) is 19.8. The Hall–Kier alpha value is -3.00. The van der Waals surface area contributed by atoms with E-state index in [1.54, 1.807) is 12.1 Å². The van der Waals surface area contributed by atoms with Crippen molar-refractivity contribution in [3.8, 4) is 17.1 Å². The number of rotatable bonds is 6. The Morgan fingerprint density at radius 2 is 1.93 bits per heavy atom. The van der Waals surface area contributed by atoms with Crippen LogP contribution in [0.25, 0.3) is 11.3 Å². The van der Waals surface area contributed by atoms with E-state index < -0.39 is 11.7 Å². The van der Waals surface area contributed by atoms with Crippen LogP contribution in [0.3, 0.4) is 0 Å². The lowest BCUT2D eigenvalue weighted by atomic mass is 10.0. The molecule has 28 heavy (non-hydrogen) atoms. The third-order valence-corrected chi connectivity index (χ3v) is 4.14.